The molecule has 5 nitrogen and oxygen atoms in total. The first-order chi connectivity index (χ1) is 7.19. The summed E-state index contributed by atoms with van der Waals surface area (Å²) in [6, 6.07) is 5.37. The van der Waals surface area contributed by atoms with E-state index in [4.69, 9.17) is 11.0 Å². The molecule has 0 unspecified atom stereocenters. The molecule has 0 aliphatic carbocycles. The Morgan fingerprint density at radius 3 is 3.00 bits per heavy atom. The van der Waals surface area contributed by atoms with Crippen molar-refractivity contribution in [1.29, 1.82) is 5.26 Å². The Labute approximate surface area is 88.1 Å². The molecule has 15 heavy (non-hydrogen) atoms. The maximum atomic E-state index is 10.8. The van der Waals surface area contributed by atoms with Crippen molar-refractivity contribution in [2.45, 2.75) is 6.92 Å². The van der Waals surface area contributed by atoms with Crippen molar-refractivity contribution >= 4 is 11.7 Å². The summed E-state index contributed by atoms with van der Waals surface area (Å²) < 4.78 is 0. The lowest BCUT2D eigenvalue weighted by Crippen LogP contribution is -2.34. The molecule has 1 amide bonds. The number of carbonyl (C=O) groups excluding carboxylic acids is 1. The predicted molar refractivity (Wildman–Crippen MR) is 56.0 cm³/mol. The molecule has 0 aromatic carbocycles. The highest BCUT2D eigenvalue weighted by Crippen LogP contribution is 2.15. The monoisotopic (exact) mass is 204 g/mol. The average Bonchev–Trinajstić information content (AvgIpc) is 2.25. The van der Waals surface area contributed by atoms with Crippen molar-refractivity contribution in [2.24, 2.45) is 5.73 Å². The molecule has 0 aliphatic rings. The van der Waals surface area contributed by atoms with Crippen LogP contribution < -0.4 is 10.6 Å². The first-order valence-electron chi connectivity index (χ1n) is 4.57. The number of hydrogen-bond acceptors (Lipinski definition) is 4. The second-order valence-corrected chi connectivity index (χ2v) is 2.97. The van der Waals surface area contributed by atoms with Gasteiger partial charge in [-0.2, -0.15) is 5.26 Å². The maximum Gasteiger partial charge on any atom is 0.236 e. The molecule has 1 heterocycles. The fraction of sp³-hybridized carbons (Fsp3) is 0.300. The average molecular weight is 204 g/mol. The minimum Gasteiger partial charge on any atom is -0.368 e. The Hall–Kier alpha value is -2.09. The number of rotatable bonds is 4. The molecule has 0 radical (unpaired) electrons. The number of primary amides is 1. The quantitative estimate of drug-likeness (QED) is 0.762. The highest BCUT2D eigenvalue weighted by Gasteiger charge is 2.12. The summed E-state index contributed by atoms with van der Waals surface area (Å²) in [7, 11) is 0. The van der Waals surface area contributed by atoms with Crippen LogP contribution in [-0.2, 0) is 4.79 Å². The molecule has 1 rings (SSSR count). The van der Waals surface area contributed by atoms with Crippen LogP contribution in [0.4, 0.5) is 5.82 Å². The van der Waals surface area contributed by atoms with Gasteiger partial charge in [-0.15, -0.1) is 0 Å². The lowest BCUT2D eigenvalue weighted by Gasteiger charge is -2.20. The van der Waals surface area contributed by atoms with Crippen LogP contribution in [0.1, 0.15) is 12.5 Å². The van der Waals surface area contributed by atoms with Gasteiger partial charge in [0.1, 0.15) is 11.9 Å². The number of amides is 1. The zero-order chi connectivity index (χ0) is 11.3. The number of pyridine rings is 1. The van der Waals surface area contributed by atoms with E-state index in [-0.39, 0.29) is 6.54 Å². The van der Waals surface area contributed by atoms with Crippen molar-refractivity contribution in [3.63, 3.8) is 0 Å². The van der Waals surface area contributed by atoms with Crippen molar-refractivity contribution < 1.29 is 4.79 Å². The molecule has 1 aromatic heterocycles. The lowest BCUT2D eigenvalue weighted by atomic mass is 10.2. The third-order valence-corrected chi connectivity index (χ3v) is 1.94. The third-order valence-electron chi connectivity index (χ3n) is 1.94. The fourth-order valence-electron chi connectivity index (χ4n) is 1.26. The SMILES string of the molecule is CCN(CC(N)=O)c1ncccc1C#N. The van der Waals surface area contributed by atoms with Gasteiger partial charge in [-0.3, -0.25) is 4.79 Å². The number of likely N-dealkylation sites (N-methyl/N-ethyl adjacent to an activating group) is 1. The van der Waals surface area contributed by atoms with Crippen molar-refractivity contribution in [2.75, 3.05) is 18.0 Å². The number of nitrogens with zero attached hydrogens (tertiary/aromatic N) is 3. The number of hydrogen-bond donors (Lipinski definition) is 1. The smallest absolute Gasteiger partial charge is 0.236 e. The summed E-state index contributed by atoms with van der Waals surface area (Å²) in [6.45, 7) is 2.52. The minimum atomic E-state index is -0.439. The first-order valence-corrected chi connectivity index (χ1v) is 4.57. The summed E-state index contributed by atoms with van der Waals surface area (Å²) in [6.07, 6.45) is 1.58. The molecule has 2 N–H and O–H groups in total. The molecule has 0 aliphatic heterocycles. The maximum absolute atomic E-state index is 10.8. The fourth-order valence-corrected chi connectivity index (χ4v) is 1.26. The Balaban J connectivity index is 3.01. The van der Waals surface area contributed by atoms with Gasteiger partial charge in [0.15, 0.2) is 0 Å². The molecule has 0 saturated carbocycles. The summed E-state index contributed by atoms with van der Waals surface area (Å²) in [4.78, 5) is 16.5. The summed E-state index contributed by atoms with van der Waals surface area (Å²) >= 11 is 0. The Morgan fingerprint density at radius 2 is 2.47 bits per heavy atom. The van der Waals surface area contributed by atoms with Crippen molar-refractivity contribution in [3.8, 4) is 6.07 Å². The van der Waals surface area contributed by atoms with Gasteiger partial charge < -0.3 is 10.6 Å². The van der Waals surface area contributed by atoms with Crippen molar-refractivity contribution in [3.05, 3.63) is 23.9 Å². The lowest BCUT2D eigenvalue weighted by molar-refractivity contribution is -0.116. The topological polar surface area (TPSA) is 83.0 Å². The number of carbonyl (C=O) groups is 1. The zero-order valence-electron chi connectivity index (χ0n) is 8.47. The largest absolute Gasteiger partial charge is 0.368 e. The third kappa shape index (κ3) is 2.68. The number of aromatic nitrogens is 1. The van der Waals surface area contributed by atoms with Crippen LogP contribution in [0.3, 0.4) is 0 Å². The summed E-state index contributed by atoms with van der Waals surface area (Å²) in [5.74, 6) is 0.0627. The summed E-state index contributed by atoms with van der Waals surface area (Å²) in [5, 5.41) is 8.86. The van der Waals surface area contributed by atoms with Gasteiger partial charge in [0.2, 0.25) is 5.91 Å². The molecule has 0 spiro atoms. The molecule has 1 aromatic rings. The molecular formula is C10H12N4O. The van der Waals surface area contributed by atoms with E-state index in [1.54, 1.807) is 23.2 Å². The van der Waals surface area contributed by atoms with E-state index in [1.807, 2.05) is 13.0 Å². The second-order valence-electron chi connectivity index (χ2n) is 2.97. The van der Waals surface area contributed by atoms with E-state index in [2.05, 4.69) is 4.98 Å². The van der Waals surface area contributed by atoms with Gasteiger partial charge in [0, 0.05) is 12.7 Å². The van der Waals surface area contributed by atoms with Crippen LogP contribution in [0.5, 0.6) is 0 Å². The van der Waals surface area contributed by atoms with Crippen LogP contribution in [0.2, 0.25) is 0 Å². The Bertz CT molecular complexity index is 397. The van der Waals surface area contributed by atoms with E-state index in [0.29, 0.717) is 17.9 Å². The number of nitriles is 1. The van der Waals surface area contributed by atoms with Crippen LogP contribution >= 0.6 is 0 Å². The normalized spacial score (nSPS) is 9.33. The molecule has 5 heteroatoms. The van der Waals surface area contributed by atoms with Gasteiger partial charge in [0.05, 0.1) is 12.1 Å². The first kappa shape index (κ1) is 11.0. The Morgan fingerprint density at radius 1 is 1.73 bits per heavy atom. The van der Waals surface area contributed by atoms with Crippen molar-refractivity contribution in [1.82, 2.24) is 4.98 Å². The molecule has 0 fully saturated rings. The van der Waals surface area contributed by atoms with E-state index in [0.717, 1.165) is 0 Å². The number of anilines is 1. The highest BCUT2D eigenvalue weighted by molar-refractivity contribution is 5.79. The minimum absolute atomic E-state index is 0.0716. The molecule has 0 saturated heterocycles. The number of nitrogens with two attached hydrogens (primary N) is 1. The van der Waals surface area contributed by atoms with Gasteiger partial charge in [-0.05, 0) is 19.1 Å². The van der Waals surface area contributed by atoms with E-state index < -0.39 is 5.91 Å². The van der Waals surface area contributed by atoms with Crippen LogP contribution in [0.25, 0.3) is 0 Å². The second kappa shape index (κ2) is 4.96. The van der Waals surface area contributed by atoms with Crippen LogP contribution in [-0.4, -0.2) is 24.0 Å². The highest BCUT2D eigenvalue weighted by atomic mass is 16.1. The standard InChI is InChI=1S/C10H12N4O/c1-2-14(7-9(12)15)10-8(6-11)4-3-5-13-10/h3-5H,2,7H2,1H3,(H2,12,15). The van der Waals surface area contributed by atoms with E-state index >= 15 is 0 Å². The van der Waals surface area contributed by atoms with Gasteiger partial charge >= 0.3 is 0 Å². The summed E-state index contributed by atoms with van der Waals surface area (Å²) in [5.41, 5.74) is 5.55. The predicted octanol–water partition coefficient (Wildman–Crippen LogP) is 0.265. The van der Waals surface area contributed by atoms with Gasteiger partial charge in [0.25, 0.3) is 0 Å². The molecule has 0 atom stereocenters. The van der Waals surface area contributed by atoms with Gasteiger partial charge in [-0.1, -0.05) is 0 Å². The van der Waals surface area contributed by atoms with Crippen LogP contribution in [0, 0.1) is 11.3 Å². The van der Waals surface area contributed by atoms with Gasteiger partial charge in [-0.25, -0.2) is 4.98 Å². The zero-order valence-corrected chi connectivity index (χ0v) is 8.47. The van der Waals surface area contributed by atoms with Crippen LogP contribution in [0.15, 0.2) is 18.3 Å². The van der Waals surface area contributed by atoms with E-state index in [1.165, 1.54) is 0 Å². The molecule has 0 bridgehead atoms. The molecule has 78 valence electrons. The molecular weight excluding hydrogens is 192 g/mol. The van der Waals surface area contributed by atoms with E-state index in [9.17, 15) is 4.79 Å². The Kier molecular flexibility index (Phi) is 3.63.